The summed E-state index contributed by atoms with van der Waals surface area (Å²) in [5.74, 6) is 0.0653. The lowest BCUT2D eigenvalue weighted by molar-refractivity contribution is -0.119. The fourth-order valence-corrected chi connectivity index (χ4v) is 1.43. The summed E-state index contributed by atoms with van der Waals surface area (Å²) in [5.41, 5.74) is 7.07. The van der Waals surface area contributed by atoms with Crippen molar-refractivity contribution >= 4 is 33.2 Å². The van der Waals surface area contributed by atoms with E-state index in [1.54, 1.807) is 18.2 Å². The van der Waals surface area contributed by atoms with Crippen molar-refractivity contribution in [1.29, 1.82) is 0 Å². The van der Waals surface area contributed by atoms with Gasteiger partial charge in [0.2, 0.25) is 5.91 Å². The summed E-state index contributed by atoms with van der Waals surface area (Å²) in [6.45, 7) is 3.89. The van der Waals surface area contributed by atoms with Crippen LogP contribution in [0.2, 0.25) is 0 Å². The fourth-order valence-electron chi connectivity index (χ4n) is 1.06. The van der Waals surface area contributed by atoms with Crippen LogP contribution >= 0.6 is 15.9 Å². The van der Waals surface area contributed by atoms with Crippen LogP contribution in [0.5, 0.6) is 0 Å². The number of anilines is 2. The van der Waals surface area contributed by atoms with Crippen LogP contribution < -0.4 is 11.1 Å². The number of hydrogen-bond donors (Lipinski definition) is 2. The highest BCUT2D eigenvalue weighted by Gasteiger charge is 2.10. The van der Waals surface area contributed by atoms with Gasteiger partial charge in [-0.25, -0.2) is 0 Å². The maximum Gasteiger partial charge on any atom is 0.227 e. The van der Waals surface area contributed by atoms with Crippen molar-refractivity contribution in [2.45, 2.75) is 20.3 Å². The standard InChI is InChI=1S/C11H15BrN2O/c1-3-7(2)11(15)14-8-4-5-10(13)9(12)6-8/h4-7H,3,13H2,1-2H3,(H,14,15). The molecule has 0 heterocycles. The zero-order valence-corrected chi connectivity index (χ0v) is 10.5. The van der Waals surface area contributed by atoms with Gasteiger partial charge in [0, 0.05) is 21.8 Å². The van der Waals surface area contributed by atoms with E-state index in [0.717, 1.165) is 16.6 Å². The fraction of sp³-hybridized carbons (Fsp3) is 0.364. The van der Waals surface area contributed by atoms with E-state index < -0.39 is 0 Å². The molecule has 1 unspecified atom stereocenters. The van der Waals surface area contributed by atoms with Crippen molar-refractivity contribution in [3.63, 3.8) is 0 Å². The van der Waals surface area contributed by atoms with Gasteiger partial charge in [0.05, 0.1) is 0 Å². The summed E-state index contributed by atoms with van der Waals surface area (Å²) in [7, 11) is 0. The quantitative estimate of drug-likeness (QED) is 0.830. The molecule has 1 atom stereocenters. The minimum absolute atomic E-state index is 0.0290. The third-order valence-electron chi connectivity index (χ3n) is 2.33. The van der Waals surface area contributed by atoms with Crippen LogP contribution in [0.3, 0.4) is 0 Å². The molecule has 0 aliphatic rings. The molecule has 0 radical (unpaired) electrons. The molecule has 0 saturated heterocycles. The molecule has 15 heavy (non-hydrogen) atoms. The smallest absolute Gasteiger partial charge is 0.227 e. The van der Waals surface area contributed by atoms with Crippen molar-refractivity contribution in [3.05, 3.63) is 22.7 Å². The molecule has 3 N–H and O–H groups in total. The van der Waals surface area contributed by atoms with Gasteiger partial charge in [0.25, 0.3) is 0 Å². The van der Waals surface area contributed by atoms with E-state index in [-0.39, 0.29) is 11.8 Å². The molecule has 0 saturated carbocycles. The van der Waals surface area contributed by atoms with Gasteiger partial charge in [-0.05, 0) is 40.5 Å². The molecular weight excluding hydrogens is 256 g/mol. The molecule has 0 aliphatic carbocycles. The molecule has 4 heteroatoms. The van der Waals surface area contributed by atoms with E-state index in [2.05, 4.69) is 21.2 Å². The third kappa shape index (κ3) is 3.23. The Morgan fingerprint density at radius 2 is 2.27 bits per heavy atom. The Kier molecular flexibility index (Phi) is 4.15. The first kappa shape index (κ1) is 12.0. The second-order valence-corrected chi connectivity index (χ2v) is 4.39. The SMILES string of the molecule is CCC(C)C(=O)Nc1ccc(N)c(Br)c1. The van der Waals surface area contributed by atoms with Crippen LogP contribution in [0.25, 0.3) is 0 Å². The number of benzene rings is 1. The van der Waals surface area contributed by atoms with E-state index in [9.17, 15) is 4.79 Å². The van der Waals surface area contributed by atoms with Gasteiger partial charge in [-0.15, -0.1) is 0 Å². The summed E-state index contributed by atoms with van der Waals surface area (Å²) >= 11 is 3.31. The lowest BCUT2D eigenvalue weighted by Crippen LogP contribution is -2.19. The number of amides is 1. The number of rotatable bonds is 3. The molecular formula is C11H15BrN2O. The highest BCUT2D eigenvalue weighted by Crippen LogP contribution is 2.23. The second kappa shape index (κ2) is 5.16. The summed E-state index contributed by atoms with van der Waals surface area (Å²) in [6.07, 6.45) is 0.835. The first-order valence-corrected chi connectivity index (χ1v) is 5.69. The summed E-state index contributed by atoms with van der Waals surface area (Å²) in [5, 5.41) is 2.84. The van der Waals surface area contributed by atoms with Gasteiger partial charge >= 0.3 is 0 Å². The van der Waals surface area contributed by atoms with Crippen LogP contribution in [0.1, 0.15) is 20.3 Å². The van der Waals surface area contributed by atoms with E-state index in [0.29, 0.717) is 5.69 Å². The molecule has 0 fully saturated rings. The van der Waals surface area contributed by atoms with Crippen molar-refractivity contribution in [2.24, 2.45) is 5.92 Å². The van der Waals surface area contributed by atoms with Crippen molar-refractivity contribution < 1.29 is 4.79 Å². The number of carbonyl (C=O) groups excluding carboxylic acids is 1. The van der Waals surface area contributed by atoms with E-state index in [4.69, 9.17) is 5.73 Å². The Bertz CT molecular complexity index is 366. The summed E-state index contributed by atoms with van der Waals surface area (Å²) in [4.78, 5) is 11.6. The van der Waals surface area contributed by atoms with Crippen molar-refractivity contribution in [2.75, 3.05) is 11.1 Å². The average Bonchev–Trinajstić information content (AvgIpc) is 2.22. The van der Waals surface area contributed by atoms with E-state index >= 15 is 0 Å². The Hall–Kier alpha value is -1.03. The van der Waals surface area contributed by atoms with Gasteiger partial charge < -0.3 is 11.1 Å². The lowest BCUT2D eigenvalue weighted by Gasteiger charge is -2.10. The molecule has 1 aromatic rings. The zero-order chi connectivity index (χ0) is 11.4. The highest BCUT2D eigenvalue weighted by molar-refractivity contribution is 9.10. The second-order valence-electron chi connectivity index (χ2n) is 3.53. The number of hydrogen-bond acceptors (Lipinski definition) is 2. The maximum absolute atomic E-state index is 11.6. The normalized spacial score (nSPS) is 12.2. The number of nitrogens with one attached hydrogen (secondary N) is 1. The topological polar surface area (TPSA) is 55.1 Å². The third-order valence-corrected chi connectivity index (χ3v) is 3.01. The molecule has 1 aromatic carbocycles. The predicted molar refractivity (Wildman–Crippen MR) is 66.6 cm³/mol. The van der Waals surface area contributed by atoms with Crippen LogP contribution in [0.4, 0.5) is 11.4 Å². The Labute approximate surface area is 98.2 Å². The molecule has 82 valence electrons. The van der Waals surface area contributed by atoms with E-state index in [1.807, 2.05) is 13.8 Å². The van der Waals surface area contributed by atoms with Gasteiger partial charge in [-0.1, -0.05) is 13.8 Å². The summed E-state index contributed by atoms with van der Waals surface area (Å²) in [6, 6.07) is 5.35. The minimum atomic E-state index is 0.0290. The van der Waals surface area contributed by atoms with E-state index in [1.165, 1.54) is 0 Å². The largest absolute Gasteiger partial charge is 0.398 e. The number of nitrogens with two attached hydrogens (primary N) is 1. The van der Waals surface area contributed by atoms with Gasteiger partial charge in [0.1, 0.15) is 0 Å². The monoisotopic (exact) mass is 270 g/mol. The minimum Gasteiger partial charge on any atom is -0.398 e. The van der Waals surface area contributed by atoms with Gasteiger partial charge in [-0.3, -0.25) is 4.79 Å². The molecule has 1 amide bonds. The van der Waals surface area contributed by atoms with Gasteiger partial charge in [-0.2, -0.15) is 0 Å². The number of halogens is 1. The van der Waals surface area contributed by atoms with Crippen LogP contribution in [0, 0.1) is 5.92 Å². The predicted octanol–water partition coefficient (Wildman–Crippen LogP) is 3.02. The number of nitrogen functional groups attached to an aromatic ring is 1. The zero-order valence-electron chi connectivity index (χ0n) is 8.88. The molecule has 0 aromatic heterocycles. The van der Waals surface area contributed by atoms with Crippen molar-refractivity contribution in [1.82, 2.24) is 0 Å². The highest BCUT2D eigenvalue weighted by atomic mass is 79.9. The van der Waals surface area contributed by atoms with Crippen LogP contribution in [0.15, 0.2) is 22.7 Å². The molecule has 1 rings (SSSR count). The summed E-state index contributed by atoms with van der Waals surface area (Å²) < 4.78 is 0.796. The molecule has 0 spiro atoms. The van der Waals surface area contributed by atoms with Gasteiger partial charge in [0.15, 0.2) is 0 Å². The molecule has 0 bridgehead atoms. The Balaban J connectivity index is 2.73. The first-order chi connectivity index (χ1) is 7.04. The Morgan fingerprint density at radius 1 is 1.60 bits per heavy atom. The van der Waals surface area contributed by atoms with Crippen LogP contribution in [-0.2, 0) is 4.79 Å². The average molecular weight is 271 g/mol. The Morgan fingerprint density at radius 3 is 2.80 bits per heavy atom. The lowest BCUT2D eigenvalue weighted by atomic mass is 10.1. The molecule has 3 nitrogen and oxygen atoms in total. The van der Waals surface area contributed by atoms with Crippen molar-refractivity contribution in [3.8, 4) is 0 Å². The molecule has 0 aliphatic heterocycles. The van der Waals surface area contributed by atoms with Crippen LogP contribution in [-0.4, -0.2) is 5.91 Å². The first-order valence-electron chi connectivity index (χ1n) is 4.90. The number of carbonyl (C=O) groups is 1. The maximum atomic E-state index is 11.6.